The zero-order chi connectivity index (χ0) is 18.7. The molecule has 1 amide bonds. The Bertz CT molecular complexity index is 776. The number of esters is 1. The van der Waals surface area contributed by atoms with Gasteiger partial charge in [0, 0.05) is 18.7 Å². The second kappa shape index (κ2) is 7.70. The number of carbonyl (C=O) groups excluding carboxylic acids is 2. The number of hydrogen-bond donors (Lipinski definition) is 0. The number of ether oxygens (including phenoxy) is 2. The van der Waals surface area contributed by atoms with Crippen LogP contribution < -0.4 is 0 Å². The van der Waals surface area contributed by atoms with Crippen LogP contribution in [0.2, 0.25) is 0 Å². The molecule has 0 aliphatic carbocycles. The number of hydrogen-bond acceptors (Lipinski definition) is 6. The average molecular weight is 358 g/mol. The second-order valence-electron chi connectivity index (χ2n) is 6.46. The van der Waals surface area contributed by atoms with Gasteiger partial charge < -0.3 is 18.9 Å². The predicted octanol–water partition coefficient (Wildman–Crippen LogP) is 2.44. The van der Waals surface area contributed by atoms with E-state index in [4.69, 9.17) is 14.0 Å². The summed E-state index contributed by atoms with van der Waals surface area (Å²) in [6.45, 7) is 6.12. The first-order valence-corrected chi connectivity index (χ1v) is 8.57. The number of morpholine rings is 1. The fraction of sp³-hybridized carbons (Fsp3) is 0.421. The first kappa shape index (κ1) is 18.1. The first-order valence-electron chi connectivity index (χ1n) is 8.57. The van der Waals surface area contributed by atoms with Crippen LogP contribution in [0.15, 0.2) is 34.9 Å². The van der Waals surface area contributed by atoms with Crippen molar-refractivity contribution < 1.29 is 23.6 Å². The van der Waals surface area contributed by atoms with E-state index < -0.39 is 5.97 Å². The standard InChI is InChI=1S/C19H22N2O5/c1-12-9-21(10-13(2)25-12)16(22)11-24-19(23)17-14(3)26-20-18(17)15-7-5-4-6-8-15/h4-8,12-13H,9-11H2,1-3H3/t12-,13-/m1/s1. The summed E-state index contributed by atoms with van der Waals surface area (Å²) in [5.41, 5.74) is 1.40. The van der Waals surface area contributed by atoms with E-state index in [1.54, 1.807) is 11.8 Å². The highest BCUT2D eigenvalue weighted by Crippen LogP contribution is 2.25. The molecule has 3 rings (SSSR count). The SMILES string of the molecule is Cc1onc(-c2ccccc2)c1C(=O)OCC(=O)N1C[C@@H](C)O[C@H](C)C1. The summed E-state index contributed by atoms with van der Waals surface area (Å²) in [4.78, 5) is 26.5. The molecule has 2 atom stereocenters. The molecule has 0 N–H and O–H groups in total. The molecular weight excluding hydrogens is 336 g/mol. The molecule has 1 aromatic carbocycles. The smallest absolute Gasteiger partial charge is 0.344 e. The Morgan fingerprint density at radius 1 is 1.19 bits per heavy atom. The predicted molar refractivity (Wildman–Crippen MR) is 93.5 cm³/mol. The Labute approximate surface area is 151 Å². The van der Waals surface area contributed by atoms with Crippen LogP contribution in [0.4, 0.5) is 0 Å². The third kappa shape index (κ3) is 3.94. The number of carbonyl (C=O) groups is 2. The van der Waals surface area contributed by atoms with E-state index in [0.29, 0.717) is 24.5 Å². The summed E-state index contributed by atoms with van der Waals surface area (Å²) < 4.78 is 16.0. The van der Waals surface area contributed by atoms with Gasteiger partial charge in [0.15, 0.2) is 6.61 Å². The Kier molecular flexibility index (Phi) is 5.37. The summed E-state index contributed by atoms with van der Waals surface area (Å²) in [6.07, 6.45) is -0.0770. The Balaban J connectivity index is 1.68. The van der Waals surface area contributed by atoms with Gasteiger partial charge in [-0.2, -0.15) is 0 Å². The maximum absolute atomic E-state index is 12.5. The van der Waals surface area contributed by atoms with E-state index in [1.807, 2.05) is 44.2 Å². The van der Waals surface area contributed by atoms with Crippen LogP contribution in [-0.2, 0) is 14.3 Å². The van der Waals surface area contributed by atoms with Crippen molar-refractivity contribution in [1.29, 1.82) is 0 Å². The number of nitrogens with zero attached hydrogens (tertiary/aromatic N) is 2. The molecule has 0 unspecified atom stereocenters. The minimum absolute atomic E-state index is 0.0385. The molecule has 7 nitrogen and oxygen atoms in total. The van der Waals surface area contributed by atoms with E-state index in [2.05, 4.69) is 5.16 Å². The van der Waals surface area contributed by atoms with Gasteiger partial charge in [-0.1, -0.05) is 35.5 Å². The first-order chi connectivity index (χ1) is 12.5. The second-order valence-corrected chi connectivity index (χ2v) is 6.46. The van der Waals surface area contributed by atoms with Gasteiger partial charge in [-0.05, 0) is 20.8 Å². The molecule has 0 radical (unpaired) electrons. The molecule has 1 aliphatic heterocycles. The molecular formula is C19H22N2O5. The van der Waals surface area contributed by atoms with Gasteiger partial charge in [-0.3, -0.25) is 4.79 Å². The summed E-state index contributed by atoms with van der Waals surface area (Å²) >= 11 is 0. The minimum Gasteiger partial charge on any atom is -0.452 e. The van der Waals surface area contributed by atoms with Gasteiger partial charge >= 0.3 is 5.97 Å². The summed E-state index contributed by atoms with van der Waals surface area (Å²) in [5, 5.41) is 3.96. The van der Waals surface area contributed by atoms with E-state index in [0.717, 1.165) is 5.56 Å². The van der Waals surface area contributed by atoms with Crippen molar-refractivity contribution >= 4 is 11.9 Å². The molecule has 1 fully saturated rings. The zero-order valence-corrected chi connectivity index (χ0v) is 15.1. The van der Waals surface area contributed by atoms with Gasteiger partial charge in [0.1, 0.15) is 17.0 Å². The molecule has 0 spiro atoms. The van der Waals surface area contributed by atoms with Gasteiger partial charge in [-0.15, -0.1) is 0 Å². The number of benzene rings is 1. The number of amides is 1. The van der Waals surface area contributed by atoms with Crippen LogP contribution in [0, 0.1) is 6.92 Å². The summed E-state index contributed by atoms with van der Waals surface area (Å²) in [7, 11) is 0. The van der Waals surface area contributed by atoms with Crippen molar-refractivity contribution in [1.82, 2.24) is 10.1 Å². The molecule has 2 aromatic rings. The van der Waals surface area contributed by atoms with Crippen molar-refractivity contribution in [3.63, 3.8) is 0 Å². The highest BCUT2D eigenvalue weighted by atomic mass is 16.5. The molecule has 7 heteroatoms. The van der Waals surface area contributed by atoms with Gasteiger partial charge in [-0.25, -0.2) is 4.79 Å². The fourth-order valence-electron chi connectivity index (χ4n) is 3.08. The fourth-order valence-corrected chi connectivity index (χ4v) is 3.08. The third-order valence-corrected chi connectivity index (χ3v) is 4.21. The number of aryl methyl sites for hydroxylation is 1. The molecule has 1 aliphatic rings. The van der Waals surface area contributed by atoms with Crippen molar-refractivity contribution in [2.24, 2.45) is 0 Å². The van der Waals surface area contributed by atoms with E-state index in [-0.39, 0.29) is 30.3 Å². The lowest BCUT2D eigenvalue weighted by Crippen LogP contribution is -2.49. The minimum atomic E-state index is -0.620. The van der Waals surface area contributed by atoms with E-state index >= 15 is 0 Å². The van der Waals surface area contributed by atoms with Crippen LogP contribution in [0.25, 0.3) is 11.3 Å². The van der Waals surface area contributed by atoms with Crippen LogP contribution in [0.1, 0.15) is 30.0 Å². The topological polar surface area (TPSA) is 81.9 Å². The van der Waals surface area contributed by atoms with Crippen molar-refractivity contribution in [2.75, 3.05) is 19.7 Å². The van der Waals surface area contributed by atoms with Crippen LogP contribution >= 0.6 is 0 Å². The highest BCUT2D eigenvalue weighted by Gasteiger charge is 2.28. The van der Waals surface area contributed by atoms with Crippen molar-refractivity contribution in [2.45, 2.75) is 33.0 Å². The Morgan fingerprint density at radius 3 is 2.50 bits per heavy atom. The quantitative estimate of drug-likeness (QED) is 0.781. The van der Waals surface area contributed by atoms with Gasteiger partial charge in [0.25, 0.3) is 5.91 Å². The molecule has 1 aromatic heterocycles. The zero-order valence-electron chi connectivity index (χ0n) is 15.1. The molecule has 138 valence electrons. The lowest BCUT2D eigenvalue weighted by Gasteiger charge is -2.35. The summed E-state index contributed by atoms with van der Waals surface area (Å²) in [5.74, 6) is -0.504. The van der Waals surface area contributed by atoms with E-state index in [1.165, 1.54) is 0 Å². The van der Waals surface area contributed by atoms with Crippen LogP contribution in [0.3, 0.4) is 0 Å². The van der Waals surface area contributed by atoms with Crippen molar-refractivity contribution in [3.8, 4) is 11.3 Å². The van der Waals surface area contributed by atoms with Crippen LogP contribution in [0.5, 0.6) is 0 Å². The molecule has 26 heavy (non-hydrogen) atoms. The average Bonchev–Trinajstić information content (AvgIpc) is 3.01. The number of aromatic nitrogens is 1. The maximum Gasteiger partial charge on any atom is 0.344 e. The van der Waals surface area contributed by atoms with Crippen LogP contribution in [-0.4, -0.2) is 53.8 Å². The summed E-state index contributed by atoms with van der Waals surface area (Å²) in [6, 6.07) is 9.22. The molecule has 2 heterocycles. The third-order valence-electron chi connectivity index (χ3n) is 4.21. The Hall–Kier alpha value is -2.67. The molecule has 0 saturated carbocycles. The highest BCUT2D eigenvalue weighted by molar-refractivity contribution is 5.98. The normalized spacial score (nSPS) is 20.0. The monoisotopic (exact) mass is 358 g/mol. The Morgan fingerprint density at radius 2 is 1.85 bits per heavy atom. The lowest BCUT2D eigenvalue weighted by molar-refractivity contribution is -0.146. The van der Waals surface area contributed by atoms with Gasteiger partial charge in [0.2, 0.25) is 0 Å². The molecule has 1 saturated heterocycles. The largest absolute Gasteiger partial charge is 0.452 e. The molecule has 0 bridgehead atoms. The van der Waals surface area contributed by atoms with Crippen molar-refractivity contribution in [3.05, 3.63) is 41.7 Å². The maximum atomic E-state index is 12.5. The number of rotatable bonds is 4. The lowest BCUT2D eigenvalue weighted by atomic mass is 10.1. The van der Waals surface area contributed by atoms with Gasteiger partial charge in [0.05, 0.1) is 12.2 Å². The van der Waals surface area contributed by atoms with E-state index in [9.17, 15) is 9.59 Å².